The van der Waals surface area contributed by atoms with Crippen molar-refractivity contribution in [2.24, 2.45) is 0 Å². The number of amides is 2. The number of benzene rings is 1. The van der Waals surface area contributed by atoms with Gasteiger partial charge in [0.1, 0.15) is 11.4 Å². The zero-order valence-corrected chi connectivity index (χ0v) is 12.8. The molecule has 0 aromatic heterocycles. The molecule has 1 N–H and O–H groups in total. The standard InChI is InChI=1S/C16H19FN2O3/c1-16(2,3)22-15(21)19-13(8-9-14(19)20)10-18-12-6-4-11(17)5-7-12/h4-9,13,18H,10H2,1-3H3. The molecule has 0 aliphatic carbocycles. The molecule has 0 saturated carbocycles. The minimum Gasteiger partial charge on any atom is -0.443 e. The first-order valence-electron chi connectivity index (χ1n) is 7.00. The van der Waals surface area contributed by atoms with E-state index in [4.69, 9.17) is 4.74 Å². The van der Waals surface area contributed by atoms with Gasteiger partial charge in [0, 0.05) is 18.3 Å². The summed E-state index contributed by atoms with van der Waals surface area (Å²) in [6.45, 7) is 5.55. The molecule has 0 spiro atoms. The number of hydrogen-bond acceptors (Lipinski definition) is 4. The Morgan fingerprint density at radius 3 is 2.55 bits per heavy atom. The van der Waals surface area contributed by atoms with Crippen molar-refractivity contribution in [1.82, 2.24) is 4.90 Å². The van der Waals surface area contributed by atoms with Crippen LogP contribution in [0.15, 0.2) is 36.4 Å². The first kappa shape index (κ1) is 16.0. The highest BCUT2D eigenvalue weighted by molar-refractivity contribution is 6.01. The van der Waals surface area contributed by atoms with Gasteiger partial charge in [0.05, 0.1) is 6.04 Å². The molecule has 118 valence electrons. The first-order chi connectivity index (χ1) is 10.3. The van der Waals surface area contributed by atoms with Gasteiger partial charge in [0.2, 0.25) is 0 Å². The lowest BCUT2D eigenvalue weighted by molar-refractivity contribution is -0.125. The molecule has 1 aliphatic rings. The summed E-state index contributed by atoms with van der Waals surface area (Å²) in [5.74, 6) is -0.725. The second kappa shape index (κ2) is 6.17. The third kappa shape index (κ3) is 4.07. The number of imide groups is 1. The summed E-state index contributed by atoms with van der Waals surface area (Å²) in [5, 5.41) is 3.06. The highest BCUT2D eigenvalue weighted by Gasteiger charge is 2.34. The van der Waals surface area contributed by atoms with Crippen LogP contribution >= 0.6 is 0 Å². The first-order valence-corrected chi connectivity index (χ1v) is 7.00. The SMILES string of the molecule is CC(C)(C)OC(=O)N1C(=O)C=CC1CNc1ccc(F)cc1. The van der Waals surface area contributed by atoms with Gasteiger partial charge in [-0.15, -0.1) is 0 Å². The van der Waals surface area contributed by atoms with Crippen LogP contribution in [0.2, 0.25) is 0 Å². The van der Waals surface area contributed by atoms with Crippen molar-refractivity contribution in [3.63, 3.8) is 0 Å². The lowest BCUT2D eigenvalue weighted by Crippen LogP contribution is -2.45. The van der Waals surface area contributed by atoms with Gasteiger partial charge < -0.3 is 10.1 Å². The summed E-state index contributed by atoms with van der Waals surface area (Å²) in [6.07, 6.45) is 2.32. The highest BCUT2D eigenvalue weighted by Crippen LogP contribution is 2.18. The van der Waals surface area contributed by atoms with E-state index < -0.39 is 23.6 Å². The Hall–Kier alpha value is -2.37. The van der Waals surface area contributed by atoms with E-state index >= 15 is 0 Å². The average Bonchev–Trinajstić information content (AvgIpc) is 2.77. The largest absolute Gasteiger partial charge is 0.443 e. The molecule has 6 heteroatoms. The summed E-state index contributed by atoms with van der Waals surface area (Å²) in [6, 6.07) is 5.42. The number of nitrogens with zero attached hydrogens (tertiary/aromatic N) is 1. The van der Waals surface area contributed by atoms with Gasteiger partial charge in [-0.3, -0.25) is 4.79 Å². The van der Waals surface area contributed by atoms with Crippen LogP contribution in [-0.4, -0.2) is 35.1 Å². The van der Waals surface area contributed by atoms with Gasteiger partial charge in [0.15, 0.2) is 0 Å². The van der Waals surface area contributed by atoms with Gasteiger partial charge in [-0.25, -0.2) is 14.1 Å². The number of carbonyl (C=O) groups is 2. The summed E-state index contributed by atoms with van der Waals surface area (Å²) >= 11 is 0. The predicted octanol–water partition coefficient (Wildman–Crippen LogP) is 2.94. The van der Waals surface area contributed by atoms with E-state index in [1.54, 1.807) is 39.0 Å². The molecule has 1 aromatic rings. The summed E-state index contributed by atoms with van der Waals surface area (Å²) in [4.78, 5) is 25.0. The molecular weight excluding hydrogens is 287 g/mol. The summed E-state index contributed by atoms with van der Waals surface area (Å²) in [5.41, 5.74) is 0.0350. The number of rotatable bonds is 3. The monoisotopic (exact) mass is 306 g/mol. The molecule has 1 aliphatic heterocycles. The minimum atomic E-state index is -0.673. The second-order valence-electron chi connectivity index (χ2n) is 6.00. The third-order valence-corrected chi connectivity index (χ3v) is 2.98. The van der Waals surface area contributed by atoms with Crippen molar-refractivity contribution >= 4 is 17.7 Å². The van der Waals surface area contributed by atoms with Crippen LogP contribution < -0.4 is 5.32 Å². The Morgan fingerprint density at radius 2 is 1.95 bits per heavy atom. The number of ether oxygens (including phenoxy) is 1. The Labute approximate surface area is 128 Å². The van der Waals surface area contributed by atoms with E-state index in [0.29, 0.717) is 12.2 Å². The molecule has 1 unspecified atom stereocenters. The highest BCUT2D eigenvalue weighted by atomic mass is 19.1. The van der Waals surface area contributed by atoms with Gasteiger partial charge >= 0.3 is 6.09 Å². The van der Waals surface area contributed by atoms with E-state index in [2.05, 4.69) is 5.32 Å². The zero-order chi connectivity index (χ0) is 16.3. The third-order valence-electron chi connectivity index (χ3n) is 2.98. The molecule has 0 radical (unpaired) electrons. The number of hydrogen-bond donors (Lipinski definition) is 1. The fourth-order valence-corrected chi connectivity index (χ4v) is 2.01. The van der Waals surface area contributed by atoms with Crippen LogP contribution in [-0.2, 0) is 9.53 Å². The maximum atomic E-state index is 12.9. The molecule has 0 fully saturated rings. The average molecular weight is 306 g/mol. The lowest BCUT2D eigenvalue weighted by atomic mass is 10.2. The lowest BCUT2D eigenvalue weighted by Gasteiger charge is -2.27. The molecule has 0 bridgehead atoms. The molecule has 5 nitrogen and oxygen atoms in total. The summed E-state index contributed by atoms with van der Waals surface area (Å²) in [7, 11) is 0. The molecule has 1 atom stereocenters. The van der Waals surface area contributed by atoms with Gasteiger partial charge in [-0.2, -0.15) is 0 Å². The van der Waals surface area contributed by atoms with E-state index in [-0.39, 0.29) is 5.82 Å². The Morgan fingerprint density at radius 1 is 1.32 bits per heavy atom. The van der Waals surface area contributed by atoms with Crippen LogP contribution in [0.4, 0.5) is 14.9 Å². The van der Waals surface area contributed by atoms with Crippen molar-refractivity contribution < 1.29 is 18.7 Å². The molecule has 22 heavy (non-hydrogen) atoms. The molecule has 0 saturated heterocycles. The van der Waals surface area contributed by atoms with Gasteiger partial charge in [-0.05, 0) is 45.0 Å². The van der Waals surface area contributed by atoms with Crippen molar-refractivity contribution in [2.75, 3.05) is 11.9 Å². The van der Waals surface area contributed by atoms with Gasteiger partial charge in [-0.1, -0.05) is 6.08 Å². The van der Waals surface area contributed by atoms with E-state index in [0.717, 1.165) is 4.90 Å². The van der Waals surface area contributed by atoms with Crippen molar-refractivity contribution in [3.05, 3.63) is 42.2 Å². The fraction of sp³-hybridized carbons (Fsp3) is 0.375. The van der Waals surface area contributed by atoms with Crippen LogP contribution in [0.5, 0.6) is 0 Å². The van der Waals surface area contributed by atoms with Gasteiger partial charge in [0.25, 0.3) is 5.91 Å². The van der Waals surface area contributed by atoms with E-state index in [1.807, 2.05) is 0 Å². The zero-order valence-electron chi connectivity index (χ0n) is 12.8. The molecule has 1 aromatic carbocycles. The van der Waals surface area contributed by atoms with Crippen LogP contribution in [0.3, 0.4) is 0 Å². The Bertz CT molecular complexity index is 590. The van der Waals surface area contributed by atoms with Crippen molar-refractivity contribution in [2.45, 2.75) is 32.4 Å². The molecule has 1 heterocycles. The summed E-state index contributed by atoms with van der Waals surface area (Å²) < 4.78 is 18.1. The predicted molar refractivity (Wildman–Crippen MR) is 80.9 cm³/mol. The molecular formula is C16H19FN2O3. The smallest absolute Gasteiger partial charge is 0.417 e. The fourth-order valence-electron chi connectivity index (χ4n) is 2.01. The Kier molecular flexibility index (Phi) is 4.49. The van der Waals surface area contributed by atoms with Crippen LogP contribution in [0.25, 0.3) is 0 Å². The van der Waals surface area contributed by atoms with E-state index in [9.17, 15) is 14.0 Å². The van der Waals surface area contributed by atoms with E-state index in [1.165, 1.54) is 18.2 Å². The maximum Gasteiger partial charge on any atom is 0.417 e. The maximum absolute atomic E-state index is 12.9. The number of nitrogens with one attached hydrogen (secondary N) is 1. The van der Waals surface area contributed by atoms with Crippen LogP contribution in [0, 0.1) is 5.82 Å². The minimum absolute atomic E-state index is 0.322. The van der Waals surface area contributed by atoms with Crippen molar-refractivity contribution in [3.8, 4) is 0 Å². The quantitative estimate of drug-likeness (QED) is 0.933. The number of carbonyl (C=O) groups excluding carboxylic acids is 2. The number of anilines is 1. The molecule has 2 rings (SSSR count). The van der Waals surface area contributed by atoms with Crippen LogP contribution in [0.1, 0.15) is 20.8 Å². The molecule has 2 amide bonds. The Balaban J connectivity index is 2.00. The number of halogens is 1. The topological polar surface area (TPSA) is 58.6 Å². The van der Waals surface area contributed by atoms with Crippen molar-refractivity contribution in [1.29, 1.82) is 0 Å². The normalized spacial score (nSPS) is 17.7. The second-order valence-corrected chi connectivity index (χ2v) is 6.00.